The molecule has 21 heavy (non-hydrogen) atoms. The van der Waals surface area contributed by atoms with Crippen LogP contribution in [0.5, 0.6) is 5.75 Å². The predicted molar refractivity (Wildman–Crippen MR) is 85.6 cm³/mol. The molecule has 0 fully saturated rings. The van der Waals surface area contributed by atoms with E-state index in [1.807, 2.05) is 0 Å². The molecular weight excluding hydrogens is 328 g/mol. The molecule has 0 atom stereocenters. The molecule has 1 aromatic carbocycles. The van der Waals surface area contributed by atoms with Gasteiger partial charge in [-0.2, -0.15) is 0 Å². The van der Waals surface area contributed by atoms with Crippen LogP contribution in [0.1, 0.15) is 4.88 Å². The molecule has 8 heteroatoms. The van der Waals surface area contributed by atoms with Crippen LogP contribution in [0.25, 0.3) is 0 Å². The van der Waals surface area contributed by atoms with Gasteiger partial charge in [0, 0.05) is 0 Å². The summed E-state index contributed by atoms with van der Waals surface area (Å²) < 4.78 is 31.2. The number of nitrogens with two attached hydrogens (primary N) is 1. The number of methoxy groups -OCH3 is 1. The van der Waals surface area contributed by atoms with Gasteiger partial charge >= 0.3 is 0 Å². The van der Waals surface area contributed by atoms with Crippen LogP contribution < -0.4 is 10.5 Å². The largest absolute Gasteiger partial charge is 0.497 e. The number of hydrogen-bond donors (Lipinski definition) is 2. The van der Waals surface area contributed by atoms with Crippen LogP contribution in [-0.4, -0.2) is 27.6 Å². The van der Waals surface area contributed by atoms with E-state index < -0.39 is 9.84 Å². The van der Waals surface area contributed by atoms with Gasteiger partial charge in [0.25, 0.3) is 0 Å². The number of rotatable bonds is 5. The smallest absolute Gasteiger partial charge is 0.208 e. The fraction of sp³-hybridized carbons (Fsp3) is 0.154. The summed E-state index contributed by atoms with van der Waals surface area (Å²) in [6, 6.07) is 7.76. The molecule has 0 radical (unpaired) electrons. The highest BCUT2D eigenvalue weighted by Gasteiger charge is 2.25. The predicted octanol–water partition coefficient (Wildman–Crippen LogP) is 2.60. The van der Waals surface area contributed by atoms with Gasteiger partial charge in [0.05, 0.1) is 26.0 Å². The normalized spacial score (nSPS) is 11.3. The Morgan fingerprint density at radius 1 is 1.38 bits per heavy atom. The van der Waals surface area contributed by atoms with E-state index >= 15 is 0 Å². The summed E-state index contributed by atoms with van der Waals surface area (Å²) in [7, 11) is -2.19. The molecule has 0 spiro atoms. The molecule has 112 valence electrons. The minimum Gasteiger partial charge on any atom is -0.497 e. The summed E-state index contributed by atoms with van der Waals surface area (Å²) >= 11 is 2.52. The minimum absolute atomic E-state index is 0.137. The molecule has 1 aromatic heterocycles. The molecular formula is C13H14N2O3S3. The SMILES string of the molecule is COc1cccc(S(=O)(=O)c2cc(C(=N)N)sc2SC)c1. The molecule has 0 unspecified atom stereocenters. The lowest BCUT2D eigenvalue weighted by molar-refractivity contribution is 0.413. The molecule has 5 nitrogen and oxygen atoms in total. The Morgan fingerprint density at radius 2 is 2.10 bits per heavy atom. The Hall–Kier alpha value is -1.51. The number of thioether (sulfide) groups is 1. The van der Waals surface area contributed by atoms with Crippen molar-refractivity contribution in [3.05, 3.63) is 35.2 Å². The lowest BCUT2D eigenvalue weighted by Crippen LogP contribution is -2.08. The third-order valence-electron chi connectivity index (χ3n) is 2.76. The molecule has 0 bridgehead atoms. The van der Waals surface area contributed by atoms with E-state index in [-0.39, 0.29) is 15.6 Å². The van der Waals surface area contributed by atoms with Gasteiger partial charge in [0.1, 0.15) is 11.6 Å². The van der Waals surface area contributed by atoms with Crippen LogP contribution in [-0.2, 0) is 9.84 Å². The van der Waals surface area contributed by atoms with Crippen molar-refractivity contribution >= 4 is 38.8 Å². The highest BCUT2D eigenvalue weighted by molar-refractivity contribution is 8.01. The van der Waals surface area contributed by atoms with Crippen molar-refractivity contribution in [2.75, 3.05) is 13.4 Å². The first kappa shape index (κ1) is 15.9. The fourth-order valence-electron chi connectivity index (χ4n) is 1.72. The zero-order valence-corrected chi connectivity index (χ0v) is 13.9. The van der Waals surface area contributed by atoms with Gasteiger partial charge in [-0.1, -0.05) is 6.07 Å². The molecule has 0 aliphatic carbocycles. The number of thiophene rings is 1. The number of sulfone groups is 1. The Balaban J connectivity index is 2.60. The average molecular weight is 342 g/mol. The Bertz CT molecular complexity index is 782. The summed E-state index contributed by atoms with van der Waals surface area (Å²) in [6.07, 6.45) is 1.79. The maximum Gasteiger partial charge on any atom is 0.208 e. The Kier molecular flexibility index (Phi) is 4.60. The molecule has 1 heterocycles. The van der Waals surface area contributed by atoms with E-state index in [0.717, 1.165) is 0 Å². The van der Waals surface area contributed by atoms with Crippen LogP contribution in [0.2, 0.25) is 0 Å². The van der Waals surface area contributed by atoms with Crippen molar-refractivity contribution in [1.29, 1.82) is 5.41 Å². The Labute approximate surface area is 131 Å². The number of nitrogens with one attached hydrogen (secondary N) is 1. The first-order valence-corrected chi connectivity index (χ1v) is 9.34. The summed E-state index contributed by atoms with van der Waals surface area (Å²) in [5.74, 6) is 0.339. The van der Waals surface area contributed by atoms with Crippen molar-refractivity contribution in [3.8, 4) is 5.75 Å². The number of ether oxygens (including phenoxy) is 1. The molecule has 0 saturated carbocycles. The molecule has 2 aromatic rings. The zero-order valence-electron chi connectivity index (χ0n) is 11.4. The zero-order chi connectivity index (χ0) is 15.6. The maximum absolute atomic E-state index is 12.7. The first-order valence-electron chi connectivity index (χ1n) is 5.81. The van der Waals surface area contributed by atoms with E-state index in [1.54, 1.807) is 18.4 Å². The van der Waals surface area contributed by atoms with E-state index in [0.29, 0.717) is 14.8 Å². The third kappa shape index (κ3) is 3.07. The number of benzene rings is 1. The third-order valence-corrected chi connectivity index (χ3v) is 7.10. The van der Waals surface area contributed by atoms with E-state index in [1.165, 1.54) is 48.4 Å². The van der Waals surface area contributed by atoms with Crippen LogP contribution >= 0.6 is 23.1 Å². The van der Waals surface area contributed by atoms with E-state index in [2.05, 4.69) is 0 Å². The van der Waals surface area contributed by atoms with Crippen molar-refractivity contribution in [1.82, 2.24) is 0 Å². The lowest BCUT2D eigenvalue weighted by Gasteiger charge is -2.06. The van der Waals surface area contributed by atoms with Crippen LogP contribution in [0, 0.1) is 5.41 Å². The minimum atomic E-state index is -3.67. The molecule has 3 N–H and O–H groups in total. The quantitative estimate of drug-likeness (QED) is 0.495. The summed E-state index contributed by atoms with van der Waals surface area (Å²) in [6.45, 7) is 0. The summed E-state index contributed by atoms with van der Waals surface area (Å²) in [5, 5.41) is 7.46. The lowest BCUT2D eigenvalue weighted by atomic mass is 10.3. The maximum atomic E-state index is 12.7. The second-order valence-electron chi connectivity index (χ2n) is 4.06. The molecule has 0 saturated heterocycles. The van der Waals surface area contributed by atoms with Gasteiger partial charge in [-0.25, -0.2) is 8.42 Å². The highest BCUT2D eigenvalue weighted by Crippen LogP contribution is 2.37. The van der Waals surface area contributed by atoms with Crippen molar-refractivity contribution in [2.45, 2.75) is 14.0 Å². The number of hydrogen-bond acceptors (Lipinski definition) is 6. The van der Waals surface area contributed by atoms with Crippen LogP contribution in [0.4, 0.5) is 0 Å². The van der Waals surface area contributed by atoms with Gasteiger partial charge in [-0.3, -0.25) is 5.41 Å². The molecule has 0 amide bonds. The van der Waals surface area contributed by atoms with E-state index in [4.69, 9.17) is 15.9 Å². The average Bonchev–Trinajstić information content (AvgIpc) is 2.92. The van der Waals surface area contributed by atoms with Crippen molar-refractivity contribution in [2.24, 2.45) is 5.73 Å². The van der Waals surface area contributed by atoms with Crippen molar-refractivity contribution in [3.63, 3.8) is 0 Å². The number of nitrogen functional groups attached to an aromatic ring is 1. The monoisotopic (exact) mass is 342 g/mol. The second kappa shape index (κ2) is 6.08. The summed E-state index contributed by atoms with van der Waals surface area (Å²) in [5.41, 5.74) is 5.45. The van der Waals surface area contributed by atoms with Gasteiger partial charge in [-0.15, -0.1) is 23.1 Å². The fourth-order valence-corrected chi connectivity index (χ4v) is 5.61. The van der Waals surface area contributed by atoms with Crippen LogP contribution in [0.15, 0.2) is 44.3 Å². The van der Waals surface area contributed by atoms with Crippen LogP contribution in [0.3, 0.4) is 0 Å². The molecule has 0 aliphatic rings. The van der Waals surface area contributed by atoms with Crippen molar-refractivity contribution < 1.29 is 13.2 Å². The standard InChI is InChI=1S/C13H14N2O3S3/c1-18-8-4-3-5-9(6-8)21(16,17)11-7-10(12(14)15)20-13(11)19-2/h3-7H,1-2H3,(H3,14,15). The van der Waals surface area contributed by atoms with Gasteiger partial charge < -0.3 is 10.5 Å². The second-order valence-corrected chi connectivity index (χ2v) is 8.11. The first-order chi connectivity index (χ1) is 9.90. The van der Waals surface area contributed by atoms with Gasteiger partial charge in [0.15, 0.2) is 0 Å². The highest BCUT2D eigenvalue weighted by atomic mass is 32.2. The van der Waals surface area contributed by atoms with E-state index in [9.17, 15) is 8.42 Å². The van der Waals surface area contributed by atoms with Gasteiger partial charge in [-0.05, 0) is 30.5 Å². The Morgan fingerprint density at radius 3 is 2.67 bits per heavy atom. The van der Waals surface area contributed by atoms with Gasteiger partial charge in [0.2, 0.25) is 9.84 Å². The molecule has 2 rings (SSSR count). The summed E-state index contributed by atoms with van der Waals surface area (Å²) in [4.78, 5) is 0.782. The molecule has 0 aliphatic heterocycles. The number of amidine groups is 1. The topological polar surface area (TPSA) is 93.2 Å².